The van der Waals surface area contributed by atoms with Crippen LogP contribution < -0.4 is 0 Å². The smallest absolute Gasteiger partial charge is 0.417 e. The maximum absolute atomic E-state index is 13.7. The Balaban J connectivity index is 2.20. The molecule has 0 aliphatic rings. The lowest BCUT2D eigenvalue weighted by Gasteiger charge is -2.15. The third kappa shape index (κ3) is 4.85. The van der Waals surface area contributed by atoms with Crippen molar-refractivity contribution in [2.24, 2.45) is 0 Å². The van der Waals surface area contributed by atoms with Gasteiger partial charge in [0, 0.05) is 10.0 Å². The quantitative estimate of drug-likeness (QED) is 0.227. The predicted molar refractivity (Wildman–Crippen MR) is 108 cm³/mol. The fourth-order valence-electron chi connectivity index (χ4n) is 3.15. The number of hydrogen-bond acceptors (Lipinski definition) is 2. The molecule has 32 heavy (non-hydrogen) atoms. The van der Waals surface area contributed by atoms with Gasteiger partial charge in [-0.15, -0.1) is 0 Å². The Morgan fingerprint density at radius 2 is 1.41 bits per heavy atom. The van der Waals surface area contributed by atoms with Gasteiger partial charge in [-0.05, 0) is 52.7 Å². The maximum atomic E-state index is 13.7. The highest BCUT2D eigenvalue weighted by atomic mass is 79.9. The second-order valence-electron chi connectivity index (χ2n) is 6.66. The van der Waals surface area contributed by atoms with Crippen LogP contribution in [0.4, 0.5) is 26.3 Å². The molecule has 0 atom stereocenters. The number of aromatic carboxylic acids is 1. The lowest BCUT2D eigenvalue weighted by Crippen LogP contribution is -2.14. The monoisotopic (exact) mass is 516 g/mol. The maximum Gasteiger partial charge on any atom is 0.417 e. The van der Waals surface area contributed by atoms with Crippen LogP contribution in [-0.2, 0) is 6.18 Å². The average molecular weight is 517 g/mol. The molecule has 0 saturated heterocycles. The second kappa shape index (κ2) is 8.42. The number of alkyl halides is 6. The van der Waals surface area contributed by atoms with E-state index >= 15 is 0 Å². The van der Waals surface area contributed by atoms with E-state index in [1.165, 1.54) is 24.3 Å². The molecule has 3 rings (SSSR count). The fourth-order valence-corrected chi connectivity index (χ4v) is 3.64. The highest BCUT2D eigenvalue weighted by molar-refractivity contribution is 9.10. The molecule has 0 amide bonds. The van der Waals surface area contributed by atoms with Crippen LogP contribution in [-0.4, -0.2) is 23.0 Å². The zero-order valence-electron chi connectivity index (χ0n) is 15.7. The number of hydrogen-bond donors (Lipinski definition) is 1. The average Bonchev–Trinajstić information content (AvgIpc) is 2.68. The third-order valence-corrected chi connectivity index (χ3v) is 4.99. The normalized spacial score (nSPS) is 12.8. The predicted octanol–water partition coefficient (Wildman–Crippen LogP) is 7.15. The van der Waals surface area contributed by atoms with Crippen molar-refractivity contribution >= 4 is 44.0 Å². The summed E-state index contributed by atoms with van der Waals surface area (Å²) >= 11 is 2.77. The Morgan fingerprint density at radius 1 is 0.844 bits per heavy atom. The number of allylic oxidation sites excluding steroid dienone is 2. The van der Waals surface area contributed by atoms with Crippen molar-refractivity contribution in [3.05, 3.63) is 87.4 Å². The standard InChI is InChI=1S/C22H11BrF6O3/c23-13-8-11(7-12(9-13)21(24,25)26)18(22(27,28)29)10-19(30)16-5-6-17(20(31)32)15-4-2-1-3-14(15)16/h1-10H,(H,31,32). The van der Waals surface area contributed by atoms with Gasteiger partial charge in [-0.3, -0.25) is 4.79 Å². The molecule has 0 heterocycles. The number of carbonyl (C=O) groups is 2. The molecular formula is C22H11BrF6O3. The number of fused-ring (bicyclic) bond motifs is 1. The summed E-state index contributed by atoms with van der Waals surface area (Å²) in [7, 11) is 0. The number of halogens is 7. The van der Waals surface area contributed by atoms with E-state index in [-0.39, 0.29) is 32.4 Å². The largest absolute Gasteiger partial charge is 0.478 e. The van der Waals surface area contributed by atoms with Gasteiger partial charge in [0.1, 0.15) is 0 Å². The first-order chi connectivity index (χ1) is 14.8. The summed E-state index contributed by atoms with van der Waals surface area (Å²) < 4.78 is 80.2. The van der Waals surface area contributed by atoms with E-state index in [9.17, 15) is 41.0 Å². The van der Waals surface area contributed by atoms with Crippen LogP contribution in [0.25, 0.3) is 16.3 Å². The van der Waals surface area contributed by atoms with E-state index in [1.807, 2.05) is 0 Å². The van der Waals surface area contributed by atoms with Gasteiger partial charge in [0.05, 0.1) is 16.7 Å². The highest BCUT2D eigenvalue weighted by Gasteiger charge is 2.38. The van der Waals surface area contributed by atoms with Crippen LogP contribution in [0.3, 0.4) is 0 Å². The molecule has 0 aliphatic heterocycles. The molecule has 3 aromatic rings. The van der Waals surface area contributed by atoms with Crippen LogP contribution in [0.2, 0.25) is 0 Å². The van der Waals surface area contributed by atoms with Crippen molar-refractivity contribution in [1.29, 1.82) is 0 Å². The van der Waals surface area contributed by atoms with Gasteiger partial charge in [-0.1, -0.05) is 40.2 Å². The van der Waals surface area contributed by atoms with Crippen molar-refractivity contribution < 1.29 is 41.0 Å². The summed E-state index contributed by atoms with van der Waals surface area (Å²) in [4.78, 5) is 24.2. The number of ketones is 1. The van der Waals surface area contributed by atoms with Crippen molar-refractivity contribution in [3.8, 4) is 0 Å². The Kier molecular flexibility index (Phi) is 6.19. The van der Waals surface area contributed by atoms with E-state index in [1.54, 1.807) is 0 Å². The number of rotatable bonds is 4. The van der Waals surface area contributed by atoms with Crippen LogP contribution in [0.1, 0.15) is 31.8 Å². The minimum Gasteiger partial charge on any atom is -0.478 e. The Labute approximate surface area is 185 Å². The van der Waals surface area contributed by atoms with Crippen LogP contribution in [0.5, 0.6) is 0 Å². The van der Waals surface area contributed by atoms with E-state index in [0.29, 0.717) is 12.1 Å². The van der Waals surface area contributed by atoms with E-state index in [4.69, 9.17) is 0 Å². The summed E-state index contributed by atoms with van der Waals surface area (Å²) in [5.41, 5.74) is -4.11. The zero-order chi connectivity index (χ0) is 23.8. The third-order valence-electron chi connectivity index (χ3n) is 4.54. The Morgan fingerprint density at radius 3 is 1.94 bits per heavy atom. The van der Waals surface area contributed by atoms with Crippen LogP contribution >= 0.6 is 15.9 Å². The van der Waals surface area contributed by atoms with Crippen LogP contribution in [0, 0.1) is 0 Å². The number of carboxylic acids is 1. The first-order valence-corrected chi connectivity index (χ1v) is 9.55. The molecule has 1 N–H and O–H groups in total. The molecule has 10 heteroatoms. The van der Waals surface area contributed by atoms with Crippen molar-refractivity contribution in [2.75, 3.05) is 0 Å². The Bertz CT molecular complexity index is 1260. The molecule has 0 radical (unpaired) electrons. The van der Waals surface area contributed by atoms with E-state index in [2.05, 4.69) is 15.9 Å². The molecule has 0 spiro atoms. The molecule has 3 nitrogen and oxygen atoms in total. The van der Waals surface area contributed by atoms with Gasteiger partial charge < -0.3 is 5.11 Å². The summed E-state index contributed by atoms with van der Waals surface area (Å²) in [5, 5.41) is 9.52. The number of carboxylic acid groups (broad SMARTS) is 1. The van der Waals surface area contributed by atoms with Gasteiger partial charge in [-0.2, -0.15) is 26.3 Å². The van der Waals surface area contributed by atoms with Gasteiger partial charge >= 0.3 is 18.3 Å². The molecule has 0 bridgehead atoms. The molecular weight excluding hydrogens is 506 g/mol. The van der Waals surface area contributed by atoms with Gasteiger partial charge in [-0.25, -0.2) is 4.79 Å². The highest BCUT2D eigenvalue weighted by Crippen LogP contribution is 2.39. The molecule has 0 aromatic heterocycles. The molecule has 0 saturated carbocycles. The van der Waals surface area contributed by atoms with Crippen molar-refractivity contribution in [1.82, 2.24) is 0 Å². The summed E-state index contributed by atoms with van der Waals surface area (Å²) in [6.45, 7) is 0. The van der Waals surface area contributed by atoms with Gasteiger partial charge in [0.25, 0.3) is 0 Å². The summed E-state index contributed by atoms with van der Waals surface area (Å²) in [5.74, 6) is -2.43. The SMILES string of the molecule is O=C(O)c1ccc(C(=O)C=C(c2cc(Br)cc(C(F)(F)F)c2)C(F)(F)F)c2ccccc12. The lowest BCUT2D eigenvalue weighted by molar-refractivity contribution is -0.137. The van der Waals surface area contributed by atoms with E-state index < -0.39 is 40.8 Å². The minimum atomic E-state index is -5.14. The van der Waals surface area contributed by atoms with Crippen LogP contribution in [0.15, 0.2) is 65.1 Å². The minimum absolute atomic E-state index is 0.0976. The lowest BCUT2D eigenvalue weighted by atomic mass is 9.94. The summed E-state index contributed by atoms with van der Waals surface area (Å²) in [6, 6.07) is 9.66. The first-order valence-electron chi connectivity index (χ1n) is 8.75. The van der Waals surface area contributed by atoms with Gasteiger partial charge in [0.2, 0.25) is 0 Å². The summed E-state index contributed by atoms with van der Waals surface area (Å²) in [6.07, 6.45) is -9.83. The van der Waals surface area contributed by atoms with Crippen molar-refractivity contribution in [3.63, 3.8) is 0 Å². The van der Waals surface area contributed by atoms with E-state index in [0.717, 1.165) is 18.2 Å². The molecule has 3 aromatic carbocycles. The number of carbonyl (C=O) groups excluding carboxylic acids is 1. The fraction of sp³-hybridized carbons (Fsp3) is 0.0909. The van der Waals surface area contributed by atoms with Gasteiger partial charge in [0.15, 0.2) is 5.78 Å². The molecule has 0 fully saturated rings. The number of benzene rings is 3. The second-order valence-corrected chi connectivity index (χ2v) is 7.57. The molecule has 166 valence electrons. The zero-order valence-corrected chi connectivity index (χ0v) is 17.3. The van der Waals surface area contributed by atoms with Crippen molar-refractivity contribution in [2.45, 2.75) is 12.4 Å². The molecule has 0 aliphatic carbocycles. The molecule has 0 unspecified atom stereocenters. The topological polar surface area (TPSA) is 54.4 Å². The first kappa shape index (κ1) is 23.5. The Hall–Kier alpha value is -3.14.